The number of benzene rings is 2. The van der Waals surface area contributed by atoms with Gasteiger partial charge in [0.1, 0.15) is 5.54 Å². The van der Waals surface area contributed by atoms with Crippen molar-refractivity contribution in [2.45, 2.75) is 42.5 Å². The molecule has 8 heteroatoms. The van der Waals surface area contributed by atoms with Crippen molar-refractivity contribution < 1.29 is 18.4 Å². The Kier molecular flexibility index (Phi) is 6.00. The number of hydroxylamine groups is 1. The molecule has 0 bridgehead atoms. The van der Waals surface area contributed by atoms with Gasteiger partial charge in [-0.1, -0.05) is 59.5 Å². The van der Waals surface area contributed by atoms with Crippen LogP contribution in [0.1, 0.15) is 32.1 Å². The fourth-order valence-electron chi connectivity index (χ4n) is 3.42. The Morgan fingerprint density at radius 1 is 0.926 bits per heavy atom. The molecule has 0 atom stereocenters. The highest BCUT2D eigenvalue weighted by Gasteiger charge is 2.43. The zero-order valence-electron chi connectivity index (χ0n) is 14.6. The van der Waals surface area contributed by atoms with Gasteiger partial charge in [-0.3, -0.25) is 10.0 Å². The largest absolute Gasteiger partial charge is 0.289 e. The number of hydrogen-bond donors (Lipinski definition) is 3. The zero-order valence-corrected chi connectivity index (χ0v) is 17.0. The van der Waals surface area contributed by atoms with E-state index in [1.807, 2.05) is 24.3 Å². The van der Waals surface area contributed by atoms with Crippen LogP contribution in [-0.2, 0) is 14.8 Å². The summed E-state index contributed by atoms with van der Waals surface area (Å²) in [6.07, 6.45) is 3.09. The minimum absolute atomic E-state index is 0.0825. The normalized spacial score (nSPS) is 16.7. The quantitative estimate of drug-likeness (QED) is 0.476. The molecule has 1 amide bonds. The molecule has 0 aliphatic heterocycles. The lowest BCUT2D eigenvalue weighted by atomic mass is 9.82. The minimum atomic E-state index is -3.91. The van der Waals surface area contributed by atoms with E-state index in [1.54, 1.807) is 17.6 Å². The van der Waals surface area contributed by atoms with E-state index in [0.29, 0.717) is 12.8 Å². The molecule has 0 aromatic heterocycles. The molecule has 144 valence electrons. The zero-order chi connectivity index (χ0) is 19.5. The molecule has 0 heterocycles. The van der Waals surface area contributed by atoms with E-state index in [0.717, 1.165) is 34.9 Å². The molecule has 0 unspecified atom stereocenters. The van der Waals surface area contributed by atoms with Crippen LogP contribution in [0.5, 0.6) is 0 Å². The molecule has 1 aliphatic rings. The van der Waals surface area contributed by atoms with E-state index >= 15 is 0 Å². The fraction of sp³-hybridized carbons (Fsp3) is 0.316. The molecule has 0 radical (unpaired) electrons. The first kappa shape index (κ1) is 20.0. The van der Waals surface area contributed by atoms with Gasteiger partial charge in [0.2, 0.25) is 10.0 Å². The third-order valence-corrected chi connectivity index (χ3v) is 7.00. The monoisotopic (exact) mass is 452 g/mol. The summed E-state index contributed by atoms with van der Waals surface area (Å²) in [6.45, 7) is 0. The standard InChI is InChI=1S/C19H21BrN2O4S/c20-16-8-4-14(5-9-16)15-6-10-17(11-7-15)27(25,26)22-19(18(23)21-24)12-2-1-3-13-19/h4-11,22,24H,1-3,12-13H2,(H,21,23). The summed E-state index contributed by atoms with van der Waals surface area (Å²) in [7, 11) is -3.91. The number of hydrogen-bond acceptors (Lipinski definition) is 4. The topological polar surface area (TPSA) is 95.5 Å². The van der Waals surface area contributed by atoms with Gasteiger partial charge in [-0.15, -0.1) is 0 Å². The molecule has 3 rings (SSSR count). The summed E-state index contributed by atoms with van der Waals surface area (Å²) in [5.41, 5.74) is 2.17. The third kappa shape index (κ3) is 4.40. The van der Waals surface area contributed by atoms with Crippen molar-refractivity contribution in [3.05, 3.63) is 53.0 Å². The molecule has 0 spiro atoms. The van der Waals surface area contributed by atoms with Gasteiger partial charge in [-0.25, -0.2) is 13.9 Å². The highest BCUT2D eigenvalue weighted by molar-refractivity contribution is 9.10. The number of rotatable bonds is 5. The fourth-order valence-corrected chi connectivity index (χ4v) is 5.11. The Balaban J connectivity index is 1.85. The maximum Gasteiger partial charge on any atom is 0.264 e. The molecule has 27 heavy (non-hydrogen) atoms. The van der Waals surface area contributed by atoms with E-state index in [2.05, 4.69) is 20.7 Å². The number of halogens is 1. The van der Waals surface area contributed by atoms with Crippen molar-refractivity contribution >= 4 is 31.9 Å². The molecule has 6 nitrogen and oxygen atoms in total. The molecular weight excluding hydrogens is 432 g/mol. The first-order valence-corrected chi connectivity index (χ1v) is 11.0. The van der Waals surface area contributed by atoms with Gasteiger partial charge in [0.05, 0.1) is 4.90 Å². The lowest BCUT2D eigenvalue weighted by Gasteiger charge is -2.35. The van der Waals surface area contributed by atoms with Gasteiger partial charge < -0.3 is 0 Å². The SMILES string of the molecule is O=C(NO)C1(NS(=O)(=O)c2ccc(-c3ccc(Br)cc3)cc2)CCCCC1. The summed E-state index contributed by atoms with van der Waals surface area (Å²) in [4.78, 5) is 12.3. The first-order valence-electron chi connectivity index (χ1n) is 8.71. The van der Waals surface area contributed by atoms with Crippen molar-refractivity contribution in [3.8, 4) is 11.1 Å². The van der Waals surface area contributed by atoms with Crippen LogP contribution in [0.3, 0.4) is 0 Å². The average Bonchev–Trinajstić information content (AvgIpc) is 2.68. The van der Waals surface area contributed by atoms with E-state index in [1.165, 1.54) is 12.1 Å². The van der Waals surface area contributed by atoms with Crippen LogP contribution in [0.25, 0.3) is 11.1 Å². The second kappa shape index (κ2) is 8.10. The van der Waals surface area contributed by atoms with Gasteiger partial charge in [-0.2, -0.15) is 4.72 Å². The Morgan fingerprint density at radius 2 is 1.44 bits per heavy atom. The van der Waals surface area contributed by atoms with Crippen molar-refractivity contribution in [3.63, 3.8) is 0 Å². The second-order valence-corrected chi connectivity index (χ2v) is 9.32. The van der Waals surface area contributed by atoms with Crippen LogP contribution >= 0.6 is 15.9 Å². The second-order valence-electron chi connectivity index (χ2n) is 6.72. The molecule has 3 N–H and O–H groups in total. The first-order chi connectivity index (χ1) is 12.9. The Labute approximate surface area is 167 Å². The smallest absolute Gasteiger partial charge is 0.264 e. The summed E-state index contributed by atoms with van der Waals surface area (Å²) < 4.78 is 29.2. The van der Waals surface area contributed by atoms with Crippen LogP contribution in [0.4, 0.5) is 0 Å². The lowest BCUT2D eigenvalue weighted by molar-refractivity contribution is -0.136. The Bertz CT molecular complexity index is 906. The predicted molar refractivity (Wildman–Crippen MR) is 106 cm³/mol. The van der Waals surface area contributed by atoms with Crippen LogP contribution in [0.2, 0.25) is 0 Å². The number of sulfonamides is 1. The number of amides is 1. The van der Waals surface area contributed by atoms with Gasteiger partial charge in [-0.05, 0) is 48.2 Å². The molecule has 0 saturated heterocycles. The number of carbonyl (C=O) groups is 1. The summed E-state index contributed by atoms with van der Waals surface area (Å²) in [5, 5.41) is 9.06. The van der Waals surface area contributed by atoms with Crippen molar-refractivity contribution in [2.24, 2.45) is 0 Å². The van der Waals surface area contributed by atoms with Crippen LogP contribution in [0.15, 0.2) is 57.9 Å². The van der Waals surface area contributed by atoms with Crippen LogP contribution < -0.4 is 10.2 Å². The van der Waals surface area contributed by atoms with Gasteiger partial charge in [0.15, 0.2) is 0 Å². The lowest BCUT2D eigenvalue weighted by Crippen LogP contribution is -2.59. The van der Waals surface area contributed by atoms with Crippen LogP contribution in [0, 0.1) is 0 Å². The number of carbonyl (C=O) groups excluding carboxylic acids is 1. The summed E-state index contributed by atoms with van der Waals surface area (Å²) >= 11 is 3.39. The average molecular weight is 453 g/mol. The maximum atomic E-state index is 12.8. The van der Waals surface area contributed by atoms with Crippen LogP contribution in [-0.4, -0.2) is 25.1 Å². The third-order valence-electron chi connectivity index (χ3n) is 4.92. The Morgan fingerprint density at radius 3 is 1.96 bits per heavy atom. The van der Waals surface area contributed by atoms with E-state index in [4.69, 9.17) is 5.21 Å². The molecule has 1 aliphatic carbocycles. The van der Waals surface area contributed by atoms with Gasteiger partial charge in [0, 0.05) is 4.47 Å². The van der Waals surface area contributed by atoms with Gasteiger partial charge >= 0.3 is 0 Å². The number of nitrogens with one attached hydrogen (secondary N) is 2. The molecule has 2 aromatic carbocycles. The van der Waals surface area contributed by atoms with E-state index in [-0.39, 0.29) is 4.90 Å². The Hall–Kier alpha value is -1.74. The van der Waals surface area contributed by atoms with Gasteiger partial charge in [0.25, 0.3) is 5.91 Å². The highest BCUT2D eigenvalue weighted by Crippen LogP contribution is 2.31. The minimum Gasteiger partial charge on any atom is -0.289 e. The maximum absolute atomic E-state index is 12.8. The van der Waals surface area contributed by atoms with Crippen molar-refractivity contribution in [2.75, 3.05) is 0 Å². The van der Waals surface area contributed by atoms with Crippen molar-refractivity contribution in [1.29, 1.82) is 0 Å². The van der Waals surface area contributed by atoms with E-state index in [9.17, 15) is 13.2 Å². The van der Waals surface area contributed by atoms with E-state index < -0.39 is 21.5 Å². The summed E-state index contributed by atoms with van der Waals surface area (Å²) in [6, 6.07) is 14.2. The van der Waals surface area contributed by atoms with Crippen molar-refractivity contribution in [1.82, 2.24) is 10.2 Å². The molecule has 2 aromatic rings. The molecular formula is C19H21BrN2O4S. The molecule has 1 fully saturated rings. The summed E-state index contributed by atoms with van der Waals surface area (Å²) in [5.74, 6) is -0.711. The predicted octanol–water partition coefficient (Wildman–Crippen LogP) is 3.60. The highest BCUT2D eigenvalue weighted by atomic mass is 79.9. The molecule has 1 saturated carbocycles.